The summed E-state index contributed by atoms with van der Waals surface area (Å²) in [5, 5.41) is 10.3. The summed E-state index contributed by atoms with van der Waals surface area (Å²) < 4.78 is 28.1. The van der Waals surface area contributed by atoms with Crippen LogP contribution in [0.25, 0.3) is 0 Å². The zero-order valence-electron chi connectivity index (χ0n) is 6.82. The van der Waals surface area contributed by atoms with Gasteiger partial charge in [-0.25, -0.2) is 0 Å². The van der Waals surface area contributed by atoms with Crippen molar-refractivity contribution in [2.75, 3.05) is 5.73 Å². The average molecular weight is 262 g/mol. The molecule has 0 aliphatic carbocycles. The molecule has 8 heteroatoms. The third kappa shape index (κ3) is 2.14. The number of hydrogen-bond acceptors (Lipinski definition) is 4. The van der Waals surface area contributed by atoms with Crippen molar-refractivity contribution >= 4 is 29.9 Å². The van der Waals surface area contributed by atoms with Gasteiger partial charge in [0.1, 0.15) is 0 Å². The number of hydrogen-bond donors (Lipinski definition) is 3. The molecule has 0 spiro atoms. The Morgan fingerprint density at radius 3 is 2.43 bits per heavy atom. The maximum atomic E-state index is 10.9. The number of benzene rings is 1. The van der Waals surface area contributed by atoms with Crippen LogP contribution in [-0.2, 0) is 3.74 Å². The van der Waals surface area contributed by atoms with Gasteiger partial charge in [-0.15, -0.1) is 0 Å². The summed E-state index contributed by atoms with van der Waals surface area (Å²) >= 11 is -5.17. The van der Waals surface area contributed by atoms with Gasteiger partial charge in [-0.3, -0.25) is 0 Å². The summed E-state index contributed by atoms with van der Waals surface area (Å²) in [6.07, 6.45) is 0. The van der Waals surface area contributed by atoms with Crippen LogP contribution in [0.15, 0.2) is 18.2 Å². The zero-order valence-corrected chi connectivity index (χ0v) is 8.70. The van der Waals surface area contributed by atoms with Crippen LogP contribution in [0.3, 0.4) is 0 Å². The molecule has 0 aromatic heterocycles. The van der Waals surface area contributed by atoms with Gasteiger partial charge < -0.3 is 0 Å². The molecule has 1 aromatic rings. The third-order valence-corrected chi connectivity index (χ3v) is 3.67. The maximum absolute atomic E-state index is 10.9. The molecule has 14 heavy (non-hydrogen) atoms. The molecule has 0 aliphatic rings. The van der Waals surface area contributed by atoms with E-state index in [9.17, 15) is 13.9 Å². The number of nitro groups is 1. The number of anilines is 1. The van der Waals surface area contributed by atoms with E-state index in [4.69, 9.17) is 13.9 Å². The SMILES string of the molecule is Nc1ccc([N+](=O)[O-])cc1[As](=O)(O)O. The van der Waals surface area contributed by atoms with Gasteiger partial charge in [0.2, 0.25) is 0 Å². The fourth-order valence-electron chi connectivity index (χ4n) is 0.898. The summed E-state index contributed by atoms with van der Waals surface area (Å²) in [4.78, 5) is 9.57. The Labute approximate surface area is 81.3 Å². The molecule has 0 amide bonds. The Morgan fingerprint density at radius 2 is 2.00 bits per heavy atom. The van der Waals surface area contributed by atoms with Crippen molar-refractivity contribution in [3.63, 3.8) is 0 Å². The van der Waals surface area contributed by atoms with Crippen LogP contribution >= 0.6 is 0 Å². The number of nitrogen functional groups attached to an aromatic ring is 1. The van der Waals surface area contributed by atoms with Gasteiger partial charge in [-0.1, -0.05) is 0 Å². The van der Waals surface area contributed by atoms with Crippen LogP contribution in [0.2, 0.25) is 0 Å². The summed E-state index contributed by atoms with van der Waals surface area (Å²) in [6.45, 7) is 0. The van der Waals surface area contributed by atoms with Gasteiger partial charge in [0.15, 0.2) is 0 Å². The predicted octanol–water partition coefficient (Wildman–Crippen LogP) is -1.26. The standard InChI is InChI=1S/C6H7AsN2O5/c8-6-2-1-4(9(13)14)3-5(6)7(10,11)12/h1-3H,8H2,(H2,10,11,12). The Morgan fingerprint density at radius 1 is 1.43 bits per heavy atom. The van der Waals surface area contributed by atoms with Gasteiger partial charge in [0.05, 0.1) is 0 Å². The molecule has 7 nitrogen and oxygen atoms in total. The van der Waals surface area contributed by atoms with Crippen LogP contribution in [-0.4, -0.2) is 27.3 Å². The van der Waals surface area contributed by atoms with Crippen molar-refractivity contribution in [2.24, 2.45) is 0 Å². The zero-order chi connectivity index (χ0) is 10.9. The quantitative estimate of drug-likeness (QED) is 0.264. The Bertz CT molecular complexity index is 426. The molecule has 0 fully saturated rings. The van der Waals surface area contributed by atoms with E-state index < -0.39 is 23.4 Å². The van der Waals surface area contributed by atoms with Gasteiger partial charge in [0.25, 0.3) is 0 Å². The topological polar surface area (TPSA) is 127 Å². The van der Waals surface area contributed by atoms with E-state index >= 15 is 0 Å². The van der Waals surface area contributed by atoms with Crippen molar-refractivity contribution < 1.29 is 16.9 Å². The summed E-state index contributed by atoms with van der Waals surface area (Å²) in [5.74, 6) is 0. The Kier molecular flexibility index (Phi) is 2.66. The number of nitrogens with zero attached hydrogens (tertiary/aromatic N) is 1. The van der Waals surface area contributed by atoms with E-state index in [0.29, 0.717) is 0 Å². The second-order valence-electron chi connectivity index (χ2n) is 2.54. The van der Waals surface area contributed by atoms with Crippen molar-refractivity contribution in [3.05, 3.63) is 28.3 Å². The molecule has 0 heterocycles. The molecule has 0 saturated carbocycles. The Balaban J connectivity index is 3.36. The first kappa shape index (κ1) is 10.8. The van der Waals surface area contributed by atoms with E-state index in [1.807, 2.05) is 0 Å². The molecular weight excluding hydrogens is 255 g/mol. The van der Waals surface area contributed by atoms with Crippen LogP contribution in [0.5, 0.6) is 0 Å². The van der Waals surface area contributed by atoms with Crippen molar-refractivity contribution in [1.82, 2.24) is 0 Å². The van der Waals surface area contributed by atoms with Crippen LogP contribution < -0.4 is 10.1 Å². The molecule has 0 saturated heterocycles. The monoisotopic (exact) mass is 262 g/mol. The second kappa shape index (κ2) is 3.45. The third-order valence-electron chi connectivity index (χ3n) is 1.54. The second-order valence-corrected chi connectivity index (χ2v) is 5.84. The van der Waals surface area contributed by atoms with E-state index in [1.165, 1.54) is 0 Å². The number of nitro benzene ring substituents is 1. The van der Waals surface area contributed by atoms with Gasteiger partial charge >= 0.3 is 80.8 Å². The van der Waals surface area contributed by atoms with Crippen LogP contribution in [0, 0.1) is 10.1 Å². The molecule has 0 radical (unpaired) electrons. The van der Waals surface area contributed by atoms with Crippen molar-refractivity contribution in [2.45, 2.75) is 0 Å². The first-order valence-corrected chi connectivity index (χ1v) is 6.80. The summed E-state index contributed by atoms with van der Waals surface area (Å²) in [7, 11) is 0. The van der Waals surface area contributed by atoms with Crippen LogP contribution in [0.1, 0.15) is 0 Å². The van der Waals surface area contributed by atoms with E-state index in [0.717, 1.165) is 18.2 Å². The molecule has 0 unspecified atom stereocenters. The van der Waals surface area contributed by atoms with Gasteiger partial charge in [0, 0.05) is 0 Å². The van der Waals surface area contributed by atoms with Crippen molar-refractivity contribution in [3.8, 4) is 0 Å². The predicted molar refractivity (Wildman–Crippen MR) is 48.0 cm³/mol. The minimum absolute atomic E-state index is 0.136. The summed E-state index contributed by atoms with van der Waals surface area (Å²) in [5.41, 5.74) is 4.75. The first-order valence-electron chi connectivity index (χ1n) is 3.42. The molecule has 0 aliphatic heterocycles. The fourth-order valence-corrected chi connectivity index (χ4v) is 2.39. The van der Waals surface area contributed by atoms with E-state index in [2.05, 4.69) is 0 Å². The fraction of sp³-hybridized carbons (Fsp3) is 0. The molecule has 0 atom stereocenters. The average Bonchev–Trinajstić information content (AvgIpc) is 2.02. The van der Waals surface area contributed by atoms with E-state index in [1.54, 1.807) is 0 Å². The van der Waals surface area contributed by atoms with E-state index in [-0.39, 0.29) is 11.4 Å². The minimum atomic E-state index is -5.17. The Hall–Kier alpha value is -1.30. The van der Waals surface area contributed by atoms with Crippen LogP contribution in [0.4, 0.5) is 11.4 Å². The molecule has 1 aromatic carbocycles. The van der Waals surface area contributed by atoms with Gasteiger partial charge in [-0.05, 0) is 0 Å². The number of rotatable bonds is 2. The van der Waals surface area contributed by atoms with Crippen molar-refractivity contribution in [1.29, 1.82) is 0 Å². The molecule has 76 valence electrons. The molecular formula is C6H7AsN2O5. The molecule has 1 rings (SSSR count). The molecule has 0 bridgehead atoms. The number of non-ortho nitro benzene ring substituents is 1. The number of nitrogens with two attached hydrogens (primary N) is 1. The first-order chi connectivity index (χ1) is 6.32. The molecule has 4 N–H and O–H groups in total. The summed E-state index contributed by atoms with van der Waals surface area (Å²) in [6, 6.07) is 2.99. The van der Waals surface area contributed by atoms with Gasteiger partial charge in [-0.2, -0.15) is 0 Å². The normalized spacial score (nSPS) is 11.3.